The Hall–Kier alpha value is -1.06. The van der Waals surface area contributed by atoms with Crippen LogP contribution in [0.15, 0.2) is 24.3 Å². The zero-order chi connectivity index (χ0) is 12.6. The van der Waals surface area contributed by atoms with Crippen LogP contribution >= 0.6 is 0 Å². The Morgan fingerprint density at radius 2 is 2.17 bits per heavy atom. The number of benzene rings is 1. The number of hydrogen-bond donors (Lipinski definition) is 1. The van der Waals surface area contributed by atoms with Gasteiger partial charge in [-0.1, -0.05) is 25.1 Å². The molecule has 1 aromatic rings. The third-order valence-electron chi connectivity index (χ3n) is 4.32. The highest BCUT2D eigenvalue weighted by molar-refractivity contribution is 5.57. The van der Waals surface area contributed by atoms with E-state index in [0.717, 1.165) is 13.1 Å². The first-order chi connectivity index (χ1) is 8.74. The number of hydrogen-bond acceptors (Lipinski definition) is 3. The highest BCUT2D eigenvalue weighted by Crippen LogP contribution is 2.38. The third-order valence-corrected chi connectivity index (χ3v) is 4.32. The van der Waals surface area contributed by atoms with E-state index in [0.29, 0.717) is 19.1 Å². The molecule has 0 aromatic heterocycles. The average molecular weight is 247 g/mol. The molecule has 0 aliphatic carbocycles. The molecule has 0 spiro atoms. The normalized spacial score (nSPS) is 25.4. The lowest BCUT2D eigenvalue weighted by atomic mass is 9.84. The minimum Gasteiger partial charge on any atom is -0.396 e. The number of ether oxygens (including phenoxy) is 1. The van der Waals surface area contributed by atoms with Crippen molar-refractivity contribution in [1.29, 1.82) is 0 Å². The fourth-order valence-corrected chi connectivity index (χ4v) is 3.01. The summed E-state index contributed by atoms with van der Waals surface area (Å²) in [5.74, 6) is 0.639. The molecule has 1 saturated heterocycles. The molecule has 1 N–H and O–H groups in total. The number of aliphatic hydroxyl groups is 1. The lowest BCUT2D eigenvalue weighted by Gasteiger charge is -2.46. The van der Waals surface area contributed by atoms with Crippen molar-refractivity contribution in [2.45, 2.75) is 19.3 Å². The van der Waals surface area contributed by atoms with Crippen molar-refractivity contribution in [2.75, 3.05) is 37.8 Å². The molecule has 3 heteroatoms. The molecule has 2 aliphatic rings. The predicted octanol–water partition coefficient (Wildman–Crippen LogP) is 2.01. The van der Waals surface area contributed by atoms with E-state index in [2.05, 4.69) is 36.1 Å². The van der Waals surface area contributed by atoms with Crippen molar-refractivity contribution in [3.8, 4) is 0 Å². The predicted molar refractivity (Wildman–Crippen MR) is 72.0 cm³/mol. The summed E-state index contributed by atoms with van der Waals surface area (Å²) in [5, 5.41) is 9.56. The Morgan fingerprint density at radius 1 is 1.39 bits per heavy atom. The van der Waals surface area contributed by atoms with Gasteiger partial charge in [0.25, 0.3) is 0 Å². The molecule has 0 bridgehead atoms. The van der Waals surface area contributed by atoms with Gasteiger partial charge in [0.1, 0.15) is 0 Å². The minimum atomic E-state index is -0.0340. The molecule has 1 fully saturated rings. The first kappa shape index (κ1) is 12.0. The van der Waals surface area contributed by atoms with Gasteiger partial charge in [0, 0.05) is 18.8 Å². The summed E-state index contributed by atoms with van der Waals surface area (Å²) in [4.78, 5) is 2.42. The van der Waals surface area contributed by atoms with Crippen LogP contribution in [0.3, 0.4) is 0 Å². The molecule has 1 atom stereocenters. The Kier molecular flexibility index (Phi) is 3.04. The maximum absolute atomic E-state index is 9.56. The van der Waals surface area contributed by atoms with Crippen LogP contribution in [-0.2, 0) is 4.74 Å². The summed E-state index contributed by atoms with van der Waals surface area (Å²) in [6.45, 7) is 5.90. The van der Waals surface area contributed by atoms with E-state index in [1.165, 1.54) is 17.7 Å². The zero-order valence-electron chi connectivity index (χ0n) is 10.9. The maximum Gasteiger partial charge on any atom is 0.0584 e. The smallest absolute Gasteiger partial charge is 0.0584 e. The van der Waals surface area contributed by atoms with E-state index < -0.39 is 0 Å². The second kappa shape index (κ2) is 4.56. The van der Waals surface area contributed by atoms with Crippen LogP contribution in [0.5, 0.6) is 0 Å². The van der Waals surface area contributed by atoms with Crippen molar-refractivity contribution >= 4 is 5.69 Å². The van der Waals surface area contributed by atoms with Crippen molar-refractivity contribution in [1.82, 2.24) is 0 Å². The topological polar surface area (TPSA) is 32.7 Å². The Bertz CT molecular complexity index is 423. The summed E-state index contributed by atoms with van der Waals surface area (Å²) in [6, 6.07) is 8.66. The Morgan fingerprint density at radius 3 is 2.83 bits per heavy atom. The van der Waals surface area contributed by atoms with Gasteiger partial charge in [0.15, 0.2) is 0 Å². The fraction of sp³-hybridized carbons (Fsp3) is 0.600. The van der Waals surface area contributed by atoms with Gasteiger partial charge in [-0.05, 0) is 24.0 Å². The lowest BCUT2D eigenvalue weighted by molar-refractivity contribution is -0.131. The largest absolute Gasteiger partial charge is 0.396 e. The van der Waals surface area contributed by atoms with Crippen LogP contribution in [0.25, 0.3) is 0 Å². The van der Waals surface area contributed by atoms with Crippen molar-refractivity contribution in [3.05, 3.63) is 29.8 Å². The molecule has 1 unspecified atom stereocenters. The summed E-state index contributed by atoms with van der Waals surface area (Å²) >= 11 is 0. The van der Waals surface area contributed by atoms with Crippen LogP contribution < -0.4 is 4.90 Å². The highest BCUT2D eigenvalue weighted by Gasteiger charge is 2.40. The minimum absolute atomic E-state index is 0.0340. The van der Waals surface area contributed by atoms with Crippen LogP contribution in [0.4, 0.5) is 5.69 Å². The van der Waals surface area contributed by atoms with E-state index in [1.807, 2.05) is 0 Å². The van der Waals surface area contributed by atoms with Gasteiger partial charge >= 0.3 is 0 Å². The van der Waals surface area contributed by atoms with Gasteiger partial charge in [0.05, 0.1) is 25.2 Å². The zero-order valence-corrected chi connectivity index (χ0v) is 10.9. The van der Waals surface area contributed by atoms with Crippen LogP contribution in [0, 0.1) is 5.41 Å². The van der Waals surface area contributed by atoms with Gasteiger partial charge in [0.2, 0.25) is 0 Å². The molecular weight excluding hydrogens is 226 g/mol. The van der Waals surface area contributed by atoms with Gasteiger partial charge in [-0.3, -0.25) is 0 Å². The van der Waals surface area contributed by atoms with Crippen LogP contribution in [-0.4, -0.2) is 38.0 Å². The molecule has 2 heterocycles. The molecule has 1 aromatic carbocycles. The summed E-state index contributed by atoms with van der Waals surface area (Å²) in [5.41, 5.74) is 2.75. The molecular formula is C15H21NO2. The molecule has 2 aliphatic heterocycles. The van der Waals surface area contributed by atoms with E-state index in [1.54, 1.807) is 0 Å². The van der Waals surface area contributed by atoms with Gasteiger partial charge in [-0.25, -0.2) is 0 Å². The van der Waals surface area contributed by atoms with Crippen molar-refractivity contribution < 1.29 is 9.84 Å². The number of nitrogens with zero attached hydrogens (tertiary/aromatic N) is 1. The maximum atomic E-state index is 9.56. The molecule has 3 rings (SSSR count). The number of aliphatic hydroxyl groups excluding tert-OH is 1. The second-order valence-corrected chi connectivity index (χ2v) is 5.82. The number of para-hydroxylation sites is 1. The van der Waals surface area contributed by atoms with E-state index >= 15 is 0 Å². The van der Waals surface area contributed by atoms with E-state index in [4.69, 9.17) is 4.74 Å². The van der Waals surface area contributed by atoms with Crippen LogP contribution in [0.2, 0.25) is 0 Å². The molecule has 3 nitrogen and oxygen atoms in total. The summed E-state index contributed by atoms with van der Waals surface area (Å²) in [6.07, 6.45) is 1.19. The number of anilines is 1. The van der Waals surface area contributed by atoms with Gasteiger partial charge in [-0.15, -0.1) is 0 Å². The Balaban J connectivity index is 1.84. The molecule has 0 saturated carbocycles. The van der Waals surface area contributed by atoms with Crippen LogP contribution in [0.1, 0.15) is 24.8 Å². The Labute approximate surface area is 108 Å². The first-order valence-corrected chi connectivity index (χ1v) is 6.77. The standard InChI is InChI=1S/C15H21NO2/c1-12-6-7-16(8-15(9-17)10-18-11-15)14-5-3-2-4-13(12)14/h2-5,12,17H,6-11H2,1H3. The molecule has 0 radical (unpaired) electrons. The van der Waals surface area contributed by atoms with Gasteiger partial charge < -0.3 is 14.7 Å². The van der Waals surface area contributed by atoms with Gasteiger partial charge in [-0.2, -0.15) is 0 Å². The number of fused-ring (bicyclic) bond motifs is 1. The van der Waals surface area contributed by atoms with Crippen molar-refractivity contribution in [3.63, 3.8) is 0 Å². The third kappa shape index (κ3) is 1.91. The fourth-order valence-electron chi connectivity index (χ4n) is 3.01. The first-order valence-electron chi connectivity index (χ1n) is 6.77. The summed E-state index contributed by atoms with van der Waals surface area (Å²) in [7, 11) is 0. The van der Waals surface area contributed by atoms with Crippen molar-refractivity contribution in [2.24, 2.45) is 5.41 Å². The number of rotatable bonds is 3. The second-order valence-electron chi connectivity index (χ2n) is 5.82. The molecule has 18 heavy (non-hydrogen) atoms. The molecule has 98 valence electrons. The lowest BCUT2D eigenvalue weighted by Crippen LogP contribution is -2.54. The average Bonchev–Trinajstić information content (AvgIpc) is 2.37. The monoisotopic (exact) mass is 247 g/mol. The molecule has 0 amide bonds. The quantitative estimate of drug-likeness (QED) is 0.887. The summed E-state index contributed by atoms with van der Waals surface area (Å²) < 4.78 is 5.29. The van der Waals surface area contributed by atoms with E-state index in [9.17, 15) is 5.11 Å². The van der Waals surface area contributed by atoms with E-state index in [-0.39, 0.29) is 12.0 Å². The SMILES string of the molecule is CC1CCN(CC2(CO)COC2)c2ccccc21. The highest BCUT2D eigenvalue weighted by atomic mass is 16.5.